The number of nitrogens with one attached hydrogen (secondary N) is 1. The smallest absolute Gasteiger partial charge is 0.290 e. The monoisotopic (exact) mass is 379 g/mol. The Kier molecular flexibility index (Phi) is 5.01. The number of piperidine rings is 1. The summed E-state index contributed by atoms with van der Waals surface area (Å²) in [6, 6.07) is 16.4. The summed E-state index contributed by atoms with van der Waals surface area (Å²) in [6.45, 7) is 1.70. The fourth-order valence-corrected chi connectivity index (χ4v) is 4.33. The highest BCUT2D eigenvalue weighted by atomic mass is 32.2. The quantitative estimate of drug-likeness (QED) is 0.797. The summed E-state index contributed by atoms with van der Waals surface area (Å²) in [5.74, 6) is -0.337. The predicted octanol–water partition coefficient (Wildman–Crippen LogP) is 3.61. The van der Waals surface area contributed by atoms with Crippen LogP contribution in [0.2, 0.25) is 0 Å². The van der Waals surface area contributed by atoms with E-state index in [9.17, 15) is 9.59 Å². The molecule has 2 heterocycles. The van der Waals surface area contributed by atoms with Crippen molar-refractivity contribution >= 4 is 34.7 Å². The number of anilines is 1. The Balaban J connectivity index is 1.84. The van der Waals surface area contributed by atoms with Crippen LogP contribution in [0.25, 0.3) is 17.2 Å². The zero-order chi connectivity index (χ0) is 18.8. The minimum absolute atomic E-state index is 0.133. The molecular weight excluding hydrogens is 358 g/mol. The highest BCUT2D eigenvalue weighted by molar-refractivity contribution is 8.18. The summed E-state index contributed by atoms with van der Waals surface area (Å²) < 4.78 is 0. The Morgan fingerprint density at radius 1 is 1.11 bits per heavy atom. The van der Waals surface area contributed by atoms with Gasteiger partial charge in [-0.1, -0.05) is 48.5 Å². The van der Waals surface area contributed by atoms with Crippen molar-refractivity contribution in [2.24, 2.45) is 5.73 Å². The predicted molar refractivity (Wildman–Crippen MR) is 110 cm³/mol. The van der Waals surface area contributed by atoms with Crippen molar-refractivity contribution in [3.05, 3.63) is 59.0 Å². The third-order valence-corrected chi connectivity index (χ3v) is 5.67. The van der Waals surface area contributed by atoms with Crippen LogP contribution in [0.5, 0.6) is 0 Å². The summed E-state index contributed by atoms with van der Waals surface area (Å²) in [6.07, 6.45) is 3.87. The van der Waals surface area contributed by atoms with Crippen molar-refractivity contribution in [2.75, 3.05) is 18.0 Å². The zero-order valence-corrected chi connectivity index (χ0v) is 15.7. The molecule has 0 bridgehead atoms. The van der Waals surface area contributed by atoms with Gasteiger partial charge in [0.1, 0.15) is 0 Å². The fourth-order valence-electron chi connectivity index (χ4n) is 3.66. The zero-order valence-electron chi connectivity index (χ0n) is 14.9. The highest BCUT2D eigenvalue weighted by Gasteiger charge is 2.27. The summed E-state index contributed by atoms with van der Waals surface area (Å²) in [7, 11) is 0. The summed E-state index contributed by atoms with van der Waals surface area (Å²) in [5.41, 5.74) is 10.5. The number of imide groups is 1. The first kappa shape index (κ1) is 17.8. The van der Waals surface area contributed by atoms with Crippen molar-refractivity contribution in [2.45, 2.75) is 18.9 Å². The van der Waals surface area contributed by atoms with Crippen molar-refractivity contribution < 1.29 is 9.59 Å². The van der Waals surface area contributed by atoms with E-state index in [0.29, 0.717) is 4.91 Å². The molecule has 5 nitrogen and oxygen atoms in total. The van der Waals surface area contributed by atoms with Crippen LogP contribution in [0, 0.1) is 0 Å². The Bertz CT molecular complexity index is 911. The molecule has 6 heteroatoms. The van der Waals surface area contributed by atoms with Gasteiger partial charge in [0.25, 0.3) is 11.1 Å². The maximum absolute atomic E-state index is 12.0. The van der Waals surface area contributed by atoms with E-state index in [4.69, 9.17) is 5.73 Å². The summed E-state index contributed by atoms with van der Waals surface area (Å²) in [5, 5.41) is 2.00. The average molecular weight is 379 g/mol. The number of carbonyl (C=O) groups excluding carboxylic acids is 2. The first-order valence-corrected chi connectivity index (χ1v) is 9.87. The van der Waals surface area contributed by atoms with Gasteiger partial charge in [-0.2, -0.15) is 0 Å². The molecule has 27 heavy (non-hydrogen) atoms. The largest absolute Gasteiger partial charge is 0.369 e. The van der Waals surface area contributed by atoms with Crippen LogP contribution >= 0.6 is 11.8 Å². The number of carbonyl (C=O) groups is 2. The highest BCUT2D eigenvalue weighted by Crippen LogP contribution is 2.38. The van der Waals surface area contributed by atoms with E-state index in [0.717, 1.165) is 60.1 Å². The summed E-state index contributed by atoms with van der Waals surface area (Å²) in [4.78, 5) is 26.3. The molecule has 2 amide bonds. The number of thioether (sulfide) groups is 1. The number of nitrogens with two attached hydrogens (primary N) is 1. The van der Waals surface area contributed by atoms with Gasteiger partial charge in [0.15, 0.2) is 0 Å². The molecule has 2 aromatic rings. The van der Waals surface area contributed by atoms with Crippen LogP contribution in [-0.4, -0.2) is 30.3 Å². The van der Waals surface area contributed by atoms with Crippen molar-refractivity contribution in [3.63, 3.8) is 0 Å². The van der Waals surface area contributed by atoms with Crippen LogP contribution in [0.3, 0.4) is 0 Å². The molecule has 0 aliphatic carbocycles. The van der Waals surface area contributed by atoms with Gasteiger partial charge < -0.3 is 10.6 Å². The maximum atomic E-state index is 12.0. The lowest BCUT2D eigenvalue weighted by Crippen LogP contribution is -2.43. The van der Waals surface area contributed by atoms with E-state index in [2.05, 4.69) is 28.4 Å². The van der Waals surface area contributed by atoms with Crippen LogP contribution < -0.4 is 16.0 Å². The normalized spacial score (nSPS) is 21.6. The van der Waals surface area contributed by atoms with E-state index in [1.807, 2.05) is 36.4 Å². The molecule has 2 saturated heterocycles. The third kappa shape index (κ3) is 3.77. The maximum Gasteiger partial charge on any atom is 0.290 e. The van der Waals surface area contributed by atoms with E-state index in [1.54, 1.807) is 0 Å². The first-order chi connectivity index (χ1) is 13.1. The Hall–Kier alpha value is -2.57. The minimum Gasteiger partial charge on any atom is -0.369 e. The molecule has 4 rings (SSSR count). The van der Waals surface area contributed by atoms with Gasteiger partial charge in [-0.05, 0) is 41.8 Å². The second kappa shape index (κ2) is 7.58. The summed E-state index contributed by atoms with van der Waals surface area (Å²) >= 11 is 0.944. The van der Waals surface area contributed by atoms with Crippen LogP contribution in [0.4, 0.5) is 10.5 Å². The molecule has 1 unspecified atom stereocenters. The third-order valence-electron chi connectivity index (χ3n) is 4.85. The van der Waals surface area contributed by atoms with Crippen molar-refractivity contribution in [1.82, 2.24) is 5.32 Å². The standard InChI is InChI=1S/C21H21N3O2S/c22-16-9-5-11-24(13-16)19-15(12-18-20(25)23-21(26)27-18)8-4-10-17(19)14-6-2-1-3-7-14/h1-4,6-8,10,12,16H,5,9,11,13,22H2,(H,23,25,26)/b18-12+. The van der Waals surface area contributed by atoms with Gasteiger partial charge in [-0.25, -0.2) is 0 Å². The van der Waals surface area contributed by atoms with E-state index >= 15 is 0 Å². The van der Waals surface area contributed by atoms with Crippen molar-refractivity contribution in [1.29, 1.82) is 0 Å². The van der Waals surface area contributed by atoms with Crippen molar-refractivity contribution in [3.8, 4) is 11.1 Å². The average Bonchev–Trinajstić information content (AvgIpc) is 2.99. The lowest BCUT2D eigenvalue weighted by molar-refractivity contribution is -0.115. The molecule has 2 aromatic carbocycles. The van der Waals surface area contributed by atoms with Gasteiger partial charge >= 0.3 is 0 Å². The van der Waals surface area contributed by atoms with E-state index in [1.165, 1.54) is 0 Å². The number of hydrogen-bond donors (Lipinski definition) is 2. The van der Waals surface area contributed by atoms with Gasteiger partial charge in [0, 0.05) is 24.7 Å². The fraction of sp³-hybridized carbons (Fsp3) is 0.238. The second-order valence-corrected chi connectivity index (χ2v) is 7.82. The number of hydrogen-bond acceptors (Lipinski definition) is 5. The van der Waals surface area contributed by atoms with Crippen LogP contribution in [0.15, 0.2) is 53.4 Å². The molecule has 1 atom stereocenters. The Labute approximate surface area is 162 Å². The molecule has 0 radical (unpaired) electrons. The number of benzene rings is 2. The molecule has 0 aromatic heterocycles. The van der Waals surface area contributed by atoms with Gasteiger partial charge in [-0.15, -0.1) is 0 Å². The molecule has 2 aliphatic heterocycles. The SMILES string of the molecule is NC1CCCN(c2c(/C=C3/SC(=O)NC3=O)cccc2-c2ccccc2)C1. The second-order valence-electron chi connectivity index (χ2n) is 6.81. The van der Waals surface area contributed by atoms with Gasteiger partial charge in [0.05, 0.1) is 10.6 Å². The number of nitrogens with zero attached hydrogens (tertiary/aromatic N) is 1. The molecule has 3 N–H and O–H groups in total. The van der Waals surface area contributed by atoms with Crippen LogP contribution in [0.1, 0.15) is 18.4 Å². The van der Waals surface area contributed by atoms with Crippen LogP contribution in [-0.2, 0) is 4.79 Å². The van der Waals surface area contributed by atoms with Gasteiger partial charge in [0.2, 0.25) is 0 Å². The number of rotatable bonds is 3. The van der Waals surface area contributed by atoms with E-state index < -0.39 is 0 Å². The molecule has 0 saturated carbocycles. The van der Waals surface area contributed by atoms with E-state index in [-0.39, 0.29) is 17.2 Å². The minimum atomic E-state index is -0.337. The molecule has 138 valence electrons. The topological polar surface area (TPSA) is 75.4 Å². The van der Waals surface area contributed by atoms with Gasteiger partial charge in [-0.3, -0.25) is 14.9 Å². The Morgan fingerprint density at radius 3 is 2.63 bits per heavy atom. The lowest BCUT2D eigenvalue weighted by Gasteiger charge is -2.35. The molecule has 2 fully saturated rings. The number of amides is 2. The Morgan fingerprint density at radius 2 is 1.93 bits per heavy atom. The molecule has 0 spiro atoms. The number of para-hydroxylation sites is 1. The molecular formula is C21H21N3O2S. The first-order valence-electron chi connectivity index (χ1n) is 9.05. The lowest BCUT2D eigenvalue weighted by atomic mass is 9.96. The molecule has 2 aliphatic rings.